The topological polar surface area (TPSA) is 104 Å². The minimum Gasteiger partial charge on any atom is -0.294 e. The first-order valence-corrected chi connectivity index (χ1v) is 12.8. The number of nitriles is 1. The van der Waals surface area contributed by atoms with Crippen LogP contribution < -0.4 is 4.72 Å². The molecule has 7 heteroatoms. The summed E-state index contributed by atoms with van der Waals surface area (Å²) in [4.78, 5) is 26.4. The highest BCUT2D eigenvalue weighted by Gasteiger charge is 2.35. The molecular weight excluding hydrogens is 460 g/mol. The van der Waals surface area contributed by atoms with Gasteiger partial charge in [0.1, 0.15) is 0 Å². The lowest BCUT2D eigenvalue weighted by Gasteiger charge is -2.25. The van der Waals surface area contributed by atoms with E-state index in [1.807, 2.05) is 20.8 Å². The molecule has 1 unspecified atom stereocenters. The van der Waals surface area contributed by atoms with Crippen LogP contribution in [0.4, 0.5) is 5.69 Å². The van der Waals surface area contributed by atoms with Gasteiger partial charge in [-0.15, -0.1) is 0 Å². The summed E-state index contributed by atoms with van der Waals surface area (Å²) in [6.07, 6.45) is 0.376. The number of nitrogens with one attached hydrogen (secondary N) is 1. The molecule has 1 atom stereocenters. The van der Waals surface area contributed by atoms with Crippen molar-refractivity contribution >= 4 is 27.3 Å². The van der Waals surface area contributed by atoms with Crippen molar-refractivity contribution in [2.45, 2.75) is 43.9 Å². The molecule has 1 aliphatic carbocycles. The second-order valence-electron chi connectivity index (χ2n) is 9.81. The lowest BCUT2D eigenvalue weighted by molar-refractivity contribution is 0.0824. The third-order valence-electron chi connectivity index (χ3n) is 6.25. The number of Topliss-reactive ketones (excluding diaryl/α,β-unsaturated/α-hetero) is 2. The van der Waals surface area contributed by atoms with E-state index in [4.69, 9.17) is 5.26 Å². The molecular formula is C28H26N2O4S. The molecule has 0 saturated carbocycles. The summed E-state index contributed by atoms with van der Waals surface area (Å²) in [5.41, 5.74) is 2.66. The molecule has 0 saturated heterocycles. The Labute approximate surface area is 205 Å². The van der Waals surface area contributed by atoms with E-state index in [0.717, 1.165) is 11.1 Å². The molecule has 6 nitrogen and oxygen atoms in total. The molecule has 1 aliphatic rings. The number of sulfonamides is 1. The number of fused-ring (bicyclic) bond motifs is 1. The molecule has 178 valence electrons. The summed E-state index contributed by atoms with van der Waals surface area (Å²) in [6.45, 7) is 6.13. The van der Waals surface area contributed by atoms with Crippen LogP contribution in [0.5, 0.6) is 0 Å². The number of rotatable bonds is 5. The van der Waals surface area contributed by atoms with E-state index < -0.39 is 15.9 Å². The predicted octanol–water partition coefficient (Wildman–Crippen LogP) is 5.28. The van der Waals surface area contributed by atoms with Gasteiger partial charge in [-0.3, -0.25) is 14.3 Å². The minimum absolute atomic E-state index is 0.0519. The average Bonchev–Trinajstić information content (AvgIpc) is 2.82. The van der Waals surface area contributed by atoms with Crippen LogP contribution >= 0.6 is 0 Å². The molecule has 0 heterocycles. The fraction of sp³-hybridized carbons (Fsp3) is 0.250. The number of hydrogen-bond donors (Lipinski definition) is 1. The summed E-state index contributed by atoms with van der Waals surface area (Å²) in [5, 5.41) is 8.99. The third kappa shape index (κ3) is 5.03. The van der Waals surface area contributed by atoms with Crippen molar-refractivity contribution in [3.8, 4) is 6.07 Å². The quantitative estimate of drug-likeness (QED) is 0.528. The van der Waals surface area contributed by atoms with Crippen molar-refractivity contribution < 1.29 is 18.0 Å². The summed E-state index contributed by atoms with van der Waals surface area (Å²) < 4.78 is 28.8. The van der Waals surface area contributed by atoms with Crippen molar-refractivity contribution in [3.63, 3.8) is 0 Å². The van der Waals surface area contributed by atoms with Gasteiger partial charge in [0.2, 0.25) is 0 Å². The Hall–Kier alpha value is -3.76. The van der Waals surface area contributed by atoms with Gasteiger partial charge in [0.15, 0.2) is 11.6 Å². The molecule has 4 rings (SSSR count). The number of carbonyl (C=O) groups is 2. The first-order chi connectivity index (χ1) is 16.5. The van der Waals surface area contributed by atoms with Gasteiger partial charge in [0, 0.05) is 17.9 Å². The van der Waals surface area contributed by atoms with Gasteiger partial charge in [-0.05, 0) is 53.3 Å². The molecule has 3 aromatic rings. The van der Waals surface area contributed by atoms with Gasteiger partial charge in [-0.25, -0.2) is 8.42 Å². The van der Waals surface area contributed by atoms with Crippen LogP contribution in [0.15, 0.2) is 71.6 Å². The Kier molecular flexibility index (Phi) is 6.35. The molecule has 35 heavy (non-hydrogen) atoms. The maximum Gasteiger partial charge on any atom is 0.261 e. The maximum absolute atomic E-state index is 13.4. The zero-order chi connectivity index (χ0) is 25.4. The predicted molar refractivity (Wildman–Crippen MR) is 134 cm³/mol. The monoisotopic (exact) mass is 486 g/mol. The fourth-order valence-electron chi connectivity index (χ4n) is 4.27. The number of carbonyl (C=O) groups excluding carboxylic acids is 2. The normalized spacial score (nSPS) is 15.9. The van der Waals surface area contributed by atoms with E-state index >= 15 is 0 Å². The number of anilines is 1. The van der Waals surface area contributed by atoms with Crippen molar-refractivity contribution in [3.05, 3.63) is 94.5 Å². The Balaban J connectivity index is 1.64. The van der Waals surface area contributed by atoms with Crippen LogP contribution in [0.2, 0.25) is 0 Å². The number of nitrogens with zero attached hydrogens (tertiary/aromatic N) is 1. The average molecular weight is 487 g/mol. The molecule has 0 radical (unpaired) electrons. The Bertz CT molecular complexity index is 1440. The Morgan fingerprint density at radius 2 is 1.63 bits per heavy atom. The van der Waals surface area contributed by atoms with Crippen LogP contribution in [0.1, 0.15) is 64.6 Å². The summed E-state index contributed by atoms with van der Waals surface area (Å²) >= 11 is 0. The molecule has 3 aromatic carbocycles. The largest absolute Gasteiger partial charge is 0.294 e. The van der Waals surface area contributed by atoms with E-state index in [2.05, 4.69) is 10.8 Å². The molecule has 0 aromatic heterocycles. The fourth-order valence-corrected chi connectivity index (χ4v) is 5.34. The van der Waals surface area contributed by atoms with E-state index in [-0.39, 0.29) is 45.1 Å². The number of ketones is 2. The molecule has 0 fully saturated rings. The molecule has 0 spiro atoms. The number of hydrogen-bond acceptors (Lipinski definition) is 5. The van der Waals surface area contributed by atoms with E-state index in [0.29, 0.717) is 12.0 Å². The van der Waals surface area contributed by atoms with Gasteiger partial charge < -0.3 is 0 Å². The Morgan fingerprint density at radius 3 is 2.23 bits per heavy atom. The molecule has 1 N–H and O–H groups in total. The van der Waals surface area contributed by atoms with Crippen LogP contribution in [-0.4, -0.2) is 20.0 Å². The second-order valence-corrected chi connectivity index (χ2v) is 11.5. The van der Waals surface area contributed by atoms with Crippen molar-refractivity contribution in [1.29, 1.82) is 5.26 Å². The van der Waals surface area contributed by atoms with Crippen molar-refractivity contribution in [1.82, 2.24) is 0 Å². The van der Waals surface area contributed by atoms with E-state index in [1.165, 1.54) is 6.07 Å². The van der Waals surface area contributed by atoms with E-state index in [1.54, 1.807) is 60.7 Å². The summed E-state index contributed by atoms with van der Waals surface area (Å²) in [7, 11) is -3.98. The van der Waals surface area contributed by atoms with Gasteiger partial charge in [0.25, 0.3) is 10.0 Å². The van der Waals surface area contributed by atoms with Crippen LogP contribution in [0, 0.1) is 17.2 Å². The summed E-state index contributed by atoms with van der Waals surface area (Å²) in [6, 6.07) is 20.2. The van der Waals surface area contributed by atoms with Crippen LogP contribution in [-0.2, 0) is 21.9 Å². The van der Waals surface area contributed by atoms with Crippen molar-refractivity contribution in [2.75, 3.05) is 4.72 Å². The van der Waals surface area contributed by atoms with Crippen LogP contribution in [0.25, 0.3) is 0 Å². The number of benzene rings is 3. The van der Waals surface area contributed by atoms with Crippen molar-refractivity contribution in [2.24, 2.45) is 5.92 Å². The van der Waals surface area contributed by atoms with Crippen LogP contribution in [0.3, 0.4) is 0 Å². The molecule has 0 bridgehead atoms. The standard InChI is InChI=1S/C28H26N2O4S/c1-28(2,3)21-11-13-22(14-12-21)35(33,34)30-24-6-4-5-23-25(31)16-20(27(32)26(23)24)15-18-7-9-19(17-29)10-8-18/h4-14,20,30H,15-16H2,1-3H3. The Morgan fingerprint density at radius 1 is 0.971 bits per heavy atom. The molecule has 0 amide bonds. The van der Waals surface area contributed by atoms with Gasteiger partial charge >= 0.3 is 0 Å². The van der Waals surface area contributed by atoms with Gasteiger partial charge in [0.05, 0.1) is 27.8 Å². The highest BCUT2D eigenvalue weighted by Crippen LogP contribution is 2.34. The highest BCUT2D eigenvalue weighted by atomic mass is 32.2. The lowest BCUT2D eigenvalue weighted by atomic mass is 9.78. The van der Waals surface area contributed by atoms with Gasteiger partial charge in [-0.1, -0.05) is 57.2 Å². The first kappa shape index (κ1) is 24.4. The van der Waals surface area contributed by atoms with E-state index in [9.17, 15) is 18.0 Å². The first-order valence-electron chi connectivity index (χ1n) is 11.3. The minimum atomic E-state index is -3.98. The lowest BCUT2D eigenvalue weighted by Crippen LogP contribution is -2.30. The summed E-state index contributed by atoms with van der Waals surface area (Å²) in [5.74, 6) is -1.08. The van der Waals surface area contributed by atoms with Gasteiger partial charge in [-0.2, -0.15) is 5.26 Å². The zero-order valence-corrected chi connectivity index (χ0v) is 20.6. The highest BCUT2D eigenvalue weighted by molar-refractivity contribution is 7.92. The SMILES string of the molecule is CC(C)(C)c1ccc(S(=O)(=O)Nc2cccc3c2C(=O)C(Cc2ccc(C#N)cc2)CC3=O)cc1. The molecule has 0 aliphatic heterocycles. The smallest absolute Gasteiger partial charge is 0.261 e. The third-order valence-corrected chi connectivity index (χ3v) is 7.64. The maximum atomic E-state index is 13.4. The second kappa shape index (κ2) is 9.12. The zero-order valence-electron chi connectivity index (χ0n) is 19.8.